The lowest BCUT2D eigenvalue weighted by atomic mass is 10.0. The standard InChI is InChI=1S/C30H35N5O5/c1-4-20-18(16-34-30(37)23(31)13-19-10-8-12-40-19)9-7-11-24(20)35-28-21-14-26(38-5-2)27(39-6-3)15-25(21)33-17-22(28)29(32)36/h7-12,14-15,17,23H,4-6,13,16,31H2,1-3H3,(H2,32,36)(H,33,35)(H,34,37)/t23-/m0/s1. The SMILES string of the molecule is CCOc1cc2ncc(C(N)=O)c(Nc3cccc(CNC(=O)[C@@H](N)Cc4ccco4)c3CC)c2cc1OCC. The van der Waals surface area contributed by atoms with Gasteiger partial charge in [-0.15, -0.1) is 0 Å². The minimum atomic E-state index is -0.736. The van der Waals surface area contributed by atoms with E-state index >= 15 is 0 Å². The van der Waals surface area contributed by atoms with Crippen LogP contribution < -0.4 is 31.6 Å². The molecule has 2 aromatic carbocycles. The molecule has 0 bridgehead atoms. The Morgan fingerprint density at radius 1 is 1.05 bits per heavy atom. The normalized spacial score (nSPS) is 11.7. The van der Waals surface area contributed by atoms with Crippen molar-refractivity contribution in [2.75, 3.05) is 18.5 Å². The molecule has 0 spiro atoms. The third-order valence-electron chi connectivity index (χ3n) is 6.48. The quantitative estimate of drug-likeness (QED) is 0.195. The van der Waals surface area contributed by atoms with E-state index in [1.54, 1.807) is 24.5 Å². The van der Waals surface area contributed by atoms with Crippen LogP contribution >= 0.6 is 0 Å². The van der Waals surface area contributed by atoms with Crippen LogP contribution in [-0.4, -0.2) is 36.1 Å². The Kier molecular flexibility index (Phi) is 9.23. The van der Waals surface area contributed by atoms with E-state index in [4.69, 9.17) is 25.4 Å². The predicted molar refractivity (Wildman–Crippen MR) is 154 cm³/mol. The summed E-state index contributed by atoms with van der Waals surface area (Å²) in [5.74, 6) is 0.872. The summed E-state index contributed by atoms with van der Waals surface area (Å²) in [4.78, 5) is 29.6. The van der Waals surface area contributed by atoms with Crippen molar-refractivity contribution in [1.29, 1.82) is 0 Å². The van der Waals surface area contributed by atoms with Crippen LogP contribution in [0.2, 0.25) is 0 Å². The van der Waals surface area contributed by atoms with Crippen molar-refractivity contribution in [3.8, 4) is 11.5 Å². The molecule has 0 radical (unpaired) electrons. The van der Waals surface area contributed by atoms with E-state index < -0.39 is 11.9 Å². The molecule has 10 nitrogen and oxygen atoms in total. The van der Waals surface area contributed by atoms with Gasteiger partial charge >= 0.3 is 0 Å². The summed E-state index contributed by atoms with van der Waals surface area (Å²) in [6, 6.07) is 12.2. The number of fused-ring (bicyclic) bond motifs is 1. The number of benzene rings is 2. The zero-order valence-electron chi connectivity index (χ0n) is 23.0. The number of nitrogens with two attached hydrogens (primary N) is 2. The molecule has 2 amide bonds. The van der Waals surface area contributed by atoms with Gasteiger partial charge in [-0.25, -0.2) is 0 Å². The number of primary amides is 1. The highest BCUT2D eigenvalue weighted by molar-refractivity contribution is 6.08. The van der Waals surface area contributed by atoms with Gasteiger partial charge in [0.05, 0.1) is 42.3 Å². The molecule has 2 heterocycles. The second-order valence-corrected chi connectivity index (χ2v) is 9.12. The van der Waals surface area contributed by atoms with Crippen molar-refractivity contribution < 1.29 is 23.5 Å². The summed E-state index contributed by atoms with van der Waals surface area (Å²) in [5.41, 5.74) is 15.9. The number of pyridine rings is 1. The van der Waals surface area contributed by atoms with E-state index in [1.807, 2.05) is 45.0 Å². The Labute approximate surface area is 233 Å². The smallest absolute Gasteiger partial charge is 0.252 e. The van der Waals surface area contributed by atoms with E-state index in [0.29, 0.717) is 59.9 Å². The second kappa shape index (κ2) is 13.0. The molecule has 2 aromatic heterocycles. The zero-order valence-corrected chi connectivity index (χ0v) is 23.0. The molecule has 0 saturated heterocycles. The average Bonchev–Trinajstić information content (AvgIpc) is 3.45. The Morgan fingerprint density at radius 2 is 1.80 bits per heavy atom. The number of amides is 2. The second-order valence-electron chi connectivity index (χ2n) is 9.12. The number of aromatic nitrogens is 1. The van der Waals surface area contributed by atoms with Gasteiger partial charge in [-0.3, -0.25) is 14.6 Å². The summed E-state index contributed by atoms with van der Waals surface area (Å²) >= 11 is 0. The molecule has 4 aromatic rings. The van der Waals surface area contributed by atoms with E-state index in [1.165, 1.54) is 6.20 Å². The molecule has 0 fully saturated rings. The van der Waals surface area contributed by atoms with Crippen LogP contribution in [0.4, 0.5) is 11.4 Å². The Hall–Kier alpha value is -4.57. The van der Waals surface area contributed by atoms with E-state index in [-0.39, 0.29) is 18.0 Å². The highest BCUT2D eigenvalue weighted by Crippen LogP contribution is 2.38. The number of carbonyl (C=O) groups is 2. The molecule has 40 heavy (non-hydrogen) atoms. The summed E-state index contributed by atoms with van der Waals surface area (Å²) in [5, 5.41) is 7.02. The van der Waals surface area contributed by atoms with Crippen molar-refractivity contribution in [2.45, 2.75) is 46.2 Å². The minimum absolute atomic E-state index is 0.240. The summed E-state index contributed by atoms with van der Waals surface area (Å²) in [6.07, 6.45) is 3.98. The minimum Gasteiger partial charge on any atom is -0.490 e. The van der Waals surface area contributed by atoms with Crippen molar-refractivity contribution in [2.24, 2.45) is 11.5 Å². The topological polar surface area (TPSA) is 155 Å². The average molecular weight is 546 g/mol. The van der Waals surface area contributed by atoms with Gasteiger partial charge in [0.15, 0.2) is 11.5 Å². The number of furan rings is 1. The maximum Gasteiger partial charge on any atom is 0.252 e. The maximum absolute atomic E-state index is 12.7. The number of hydrogen-bond acceptors (Lipinski definition) is 8. The van der Waals surface area contributed by atoms with Crippen molar-refractivity contribution in [3.63, 3.8) is 0 Å². The lowest BCUT2D eigenvalue weighted by Gasteiger charge is -2.20. The van der Waals surface area contributed by atoms with Crippen LogP contribution in [0.5, 0.6) is 11.5 Å². The summed E-state index contributed by atoms with van der Waals surface area (Å²) in [7, 11) is 0. The number of anilines is 2. The fourth-order valence-electron chi connectivity index (χ4n) is 4.58. The van der Waals surface area contributed by atoms with Gasteiger partial charge in [-0.05, 0) is 55.7 Å². The molecule has 0 saturated carbocycles. The first kappa shape index (κ1) is 28.4. The van der Waals surface area contributed by atoms with Crippen molar-refractivity contribution in [1.82, 2.24) is 10.3 Å². The number of nitrogens with zero attached hydrogens (tertiary/aromatic N) is 1. The highest BCUT2D eigenvalue weighted by atomic mass is 16.5. The first-order valence-electron chi connectivity index (χ1n) is 13.3. The first-order valence-corrected chi connectivity index (χ1v) is 13.3. The molecule has 6 N–H and O–H groups in total. The highest BCUT2D eigenvalue weighted by Gasteiger charge is 2.20. The van der Waals surface area contributed by atoms with E-state index in [2.05, 4.69) is 15.6 Å². The molecule has 0 unspecified atom stereocenters. The lowest BCUT2D eigenvalue weighted by molar-refractivity contribution is -0.122. The van der Waals surface area contributed by atoms with Crippen LogP contribution in [0.1, 0.15) is 48.0 Å². The molecule has 0 aliphatic carbocycles. The summed E-state index contributed by atoms with van der Waals surface area (Å²) in [6.45, 7) is 7.00. The van der Waals surface area contributed by atoms with Crippen LogP contribution in [-0.2, 0) is 24.2 Å². The van der Waals surface area contributed by atoms with Gasteiger partial charge in [-0.2, -0.15) is 0 Å². The molecular weight excluding hydrogens is 510 g/mol. The maximum atomic E-state index is 12.7. The molecule has 4 rings (SSSR count). The third kappa shape index (κ3) is 6.35. The number of ether oxygens (including phenoxy) is 2. The van der Waals surface area contributed by atoms with Gasteiger partial charge in [0.25, 0.3) is 5.91 Å². The van der Waals surface area contributed by atoms with Crippen LogP contribution in [0, 0.1) is 0 Å². The Bertz CT molecular complexity index is 1490. The van der Waals surface area contributed by atoms with Crippen LogP contribution in [0.25, 0.3) is 10.9 Å². The van der Waals surface area contributed by atoms with Crippen LogP contribution in [0.3, 0.4) is 0 Å². The van der Waals surface area contributed by atoms with E-state index in [0.717, 1.165) is 16.8 Å². The van der Waals surface area contributed by atoms with E-state index in [9.17, 15) is 9.59 Å². The van der Waals surface area contributed by atoms with Crippen molar-refractivity contribution >= 4 is 34.1 Å². The number of rotatable bonds is 13. The third-order valence-corrected chi connectivity index (χ3v) is 6.48. The van der Waals surface area contributed by atoms with Crippen LogP contribution in [0.15, 0.2) is 59.3 Å². The van der Waals surface area contributed by atoms with Gasteiger partial charge in [0, 0.05) is 36.3 Å². The number of carbonyl (C=O) groups excluding carboxylic acids is 2. The van der Waals surface area contributed by atoms with Crippen molar-refractivity contribution in [3.05, 3.63) is 77.4 Å². The molecule has 210 valence electrons. The molecular formula is C30H35N5O5. The van der Waals surface area contributed by atoms with Gasteiger partial charge in [0.2, 0.25) is 5.91 Å². The first-order chi connectivity index (χ1) is 19.4. The Morgan fingerprint density at radius 3 is 2.45 bits per heavy atom. The summed E-state index contributed by atoms with van der Waals surface area (Å²) < 4.78 is 16.9. The predicted octanol–water partition coefficient (Wildman–Crippen LogP) is 4.22. The molecule has 1 atom stereocenters. The fraction of sp³-hybridized carbons (Fsp3) is 0.300. The number of hydrogen-bond donors (Lipinski definition) is 4. The van der Waals surface area contributed by atoms with Gasteiger partial charge < -0.3 is 36.0 Å². The zero-order chi connectivity index (χ0) is 28.6. The molecule has 0 aliphatic heterocycles. The molecule has 0 aliphatic rings. The lowest BCUT2D eigenvalue weighted by Crippen LogP contribution is -2.41. The Balaban J connectivity index is 1.66. The van der Waals surface area contributed by atoms with Gasteiger partial charge in [0.1, 0.15) is 5.76 Å². The monoisotopic (exact) mass is 545 g/mol. The fourth-order valence-corrected chi connectivity index (χ4v) is 4.58. The largest absolute Gasteiger partial charge is 0.490 e. The number of nitrogens with one attached hydrogen (secondary N) is 2. The van der Waals surface area contributed by atoms with Gasteiger partial charge in [-0.1, -0.05) is 19.1 Å². The molecule has 10 heteroatoms.